The second-order valence-corrected chi connectivity index (χ2v) is 16.5. The van der Waals surface area contributed by atoms with Crippen molar-refractivity contribution in [3.05, 3.63) is 34.9 Å². The number of rotatable bonds is 6. The molecule has 9 nitrogen and oxygen atoms in total. The van der Waals surface area contributed by atoms with Crippen LogP contribution in [0.2, 0.25) is 15.9 Å². The molecule has 5 aliphatic rings. The molecule has 5 aliphatic carbocycles. The number of aliphatic hydroxyl groups excluding tert-OH is 5. The van der Waals surface area contributed by atoms with E-state index in [-0.39, 0.29) is 29.7 Å². The Labute approximate surface area is 287 Å². The lowest BCUT2D eigenvalue weighted by atomic mass is 9.22. The monoisotopic (exact) mass is 670 g/mol. The molecule has 14 atom stereocenters. The molecule has 258 valence electrons. The van der Waals surface area contributed by atoms with Crippen molar-refractivity contribution in [1.29, 1.82) is 0 Å². The van der Waals surface area contributed by atoms with E-state index >= 15 is 0 Å². The zero-order valence-electron chi connectivity index (χ0n) is 29.0. The van der Waals surface area contributed by atoms with E-state index in [4.69, 9.17) is 22.1 Å². The highest BCUT2D eigenvalue weighted by Crippen LogP contribution is 2.80. The third-order valence-electron chi connectivity index (χ3n) is 14.4. The molecule has 0 spiro atoms. The molecule has 13 heteroatoms. The summed E-state index contributed by atoms with van der Waals surface area (Å²) in [5.41, 5.74) is 0.00667. The fourth-order valence-electron chi connectivity index (χ4n) is 11.1. The first kappa shape index (κ1) is 36.8. The Morgan fingerprint density at radius 2 is 1.60 bits per heavy atom. The average molecular weight is 670 g/mol. The normalized spacial score (nSPS) is 48.2. The van der Waals surface area contributed by atoms with Crippen LogP contribution >= 0.6 is 12.6 Å². The molecule has 4 saturated carbocycles. The van der Waals surface area contributed by atoms with E-state index in [1.165, 1.54) is 0 Å². The second kappa shape index (κ2) is 13.0. The molecule has 0 aromatic rings. The van der Waals surface area contributed by atoms with E-state index in [1.807, 2.05) is 7.85 Å². The second-order valence-electron chi connectivity index (χ2n) is 15.8. The molecule has 0 aromatic carbocycles. The van der Waals surface area contributed by atoms with Crippen LogP contribution in [0.5, 0.6) is 0 Å². The largest absolute Gasteiger partial charge is 0.454 e. The van der Waals surface area contributed by atoms with Gasteiger partial charge in [-0.05, 0) is 70.0 Å². The highest BCUT2D eigenvalue weighted by atomic mass is 32.1. The van der Waals surface area contributed by atoms with Crippen LogP contribution in [0.25, 0.3) is 0 Å². The molecular weight excluding hydrogens is 617 g/mol. The summed E-state index contributed by atoms with van der Waals surface area (Å²) in [7, 11) is 6.52. The molecule has 0 aromatic heterocycles. The third-order valence-corrected chi connectivity index (χ3v) is 14.9. The van der Waals surface area contributed by atoms with Crippen LogP contribution < -0.4 is 0 Å². The lowest BCUT2D eigenvalue weighted by Gasteiger charge is -2.73. The summed E-state index contributed by atoms with van der Waals surface area (Å²) in [4.78, 5) is 26.5. The molecule has 4 fully saturated rings. The predicted octanol–water partition coefficient (Wildman–Crippen LogP) is 0.270. The van der Waals surface area contributed by atoms with Crippen LogP contribution in [0.3, 0.4) is 0 Å². The molecule has 0 aliphatic heterocycles. The molecule has 5 N–H and O–H groups in total. The van der Waals surface area contributed by atoms with Gasteiger partial charge in [0.05, 0.1) is 30.3 Å². The van der Waals surface area contributed by atoms with E-state index < -0.39 is 76.3 Å². The summed E-state index contributed by atoms with van der Waals surface area (Å²) in [6.07, 6.45) is 3.49. The molecule has 0 radical (unpaired) electrons. The first-order valence-electron chi connectivity index (χ1n) is 17.4. The van der Waals surface area contributed by atoms with Gasteiger partial charge in [-0.15, -0.1) is 0 Å². The van der Waals surface area contributed by atoms with Crippen molar-refractivity contribution in [3.63, 3.8) is 0 Å². The number of carbonyl (C=O) groups is 2. The lowest BCUT2D eigenvalue weighted by molar-refractivity contribution is -0.241. The number of carbonyl (C=O) groups excluding carboxylic acids is 2. The first-order valence-corrected chi connectivity index (χ1v) is 17.9. The van der Waals surface area contributed by atoms with Crippen LogP contribution in [0.4, 0.5) is 0 Å². The molecule has 0 amide bonds. The van der Waals surface area contributed by atoms with Crippen molar-refractivity contribution < 1.29 is 44.6 Å². The number of hydrogen-bond acceptors (Lipinski definition) is 10. The highest BCUT2D eigenvalue weighted by molar-refractivity contribution is 7.81. The number of esters is 2. The smallest absolute Gasteiger partial charge is 0.333 e. The summed E-state index contributed by atoms with van der Waals surface area (Å²) < 4.78 is 12.1. The molecule has 0 heterocycles. The molecule has 5 rings (SSSR count). The van der Waals surface area contributed by atoms with E-state index in [0.717, 1.165) is 24.8 Å². The predicted molar refractivity (Wildman–Crippen MR) is 189 cm³/mol. The summed E-state index contributed by atoms with van der Waals surface area (Å²) >= 11 is 4.93. The number of fused-ring (bicyclic) bond motifs is 7. The zero-order valence-corrected chi connectivity index (χ0v) is 29.9. The van der Waals surface area contributed by atoms with Gasteiger partial charge >= 0.3 is 11.9 Å². The molecular formula is C34H53B3O9S. The molecule has 3 unspecified atom stereocenters. The lowest BCUT2D eigenvalue weighted by Crippen LogP contribution is -2.74. The Morgan fingerprint density at radius 1 is 0.979 bits per heavy atom. The topological polar surface area (TPSA) is 154 Å². The first-order chi connectivity index (χ1) is 22.0. The van der Waals surface area contributed by atoms with Crippen LogP contribution in [0, 0.1) is 29.1 Å². The summed E-state index contributed by atoms with van der Waals surface area (Å²) in [6.45, 7) is 5.95. The average Bonchev–Trinajstić information content (AvgIpc) is 3.05. The van der Waals surface area contributed by atoms with Crippen molar-refractivity contribution in [2.75, 3.05) is 13.2 Å². The standard InChI is InChI=1S/C34H53B3O9S/c1-5-16(3)29(43)45-25-23(47)13-21-20-7-8-24-32(35)11-10-22(40)18(14-38)19(32)9-12-33(24,36)34(20,37)27(42)26(41)31(21,15-39)28(25)46-30(44)17(4)6-2/h5-7,18-19,21-28,38-42,47H,8-15,35-37H2,1-4H3/b16-5-,17-6-/t18-,19?,21?,22+,23-,24?,25-,26-,27+,28+,31+,32-,33+,34-/m1/s1. The van der Waals surface area contributed by atoms with Crippen LogP contribution in [-0.2, 0) is 19.1 Å². The number of thiol groups is 1. The van der Waals surface area contributed by atoms with Gasteiger partial charge in [-0.2, -0.15) is 12.6 Å². The van der Waals surface area contributed by atoms with E-state index in [0.29, 0.717) is 30.4 Å². The van der Waals surface area contributed by atoms with Crippen molar-refractivity contribution in [3.8, 4) is 0 Å². The Morgan fingerprint density at radius 3 is 2.17 bits per heavy atom. The number of ether oxygens (including phenoxy) is 2. The number of allylic oxidation sites excluding steroid dienone is 3. The zero-order chi connectivity index (χ0) is 34.9. The Balaban J connectivity index is 1.65. The van der Waals surface area contributed by atoms with Gasteiger partial charge < -0.3 is 35.0 Å². The fraction of sp³-hybridized carbons (Fsp3) is 0.765. The van der Waals surface area contributed by atoms with Gasteiger partial charge in [0.1, 0.15) is 23.5 Å². The van der Waals surface area contributed by atoms with Gasteiger partial charge in [-0.25, -0.2) is 9.59 Å². The van der Waals surface area contributed by atoms with Gasteiger partial charge in [0, 0.05) is 28.9 Å². The van der Waals surface area contributed by atoms with Gasteiger partial charge in [0.2, 0.25) is 0 Å². The third kappa shape index (κ3) is 5.10. The Bertz CT molecular complexity index is 1360. The van der Waals surface area contributed by atoms with Gasteiger partial charge in [-0.3, -0.25) is 0 Å². The minimum atomic E-state index is -1.58. The maximum atomic E-state index is 13.4. The minimum Gasteiger partial charge on any atom is -0.454 e. The van der Waals surface area contributed by atoms with Crippen molar-refractivity contribution >= 4 is 48.1 Å². The fourth-order valence-corrected chi connectivity index (χ4v) is 11.5. The Kier molecular flexibility index (Phi) is 10.2. The van der Waals surface area contributed by atoms with Crippen molar-refractivity contribution in [1.82, 2.24) is 0 Å². The van der Waals surface area contributed by atoms with Gasteiger partial charge in [0.15, 0.2) is 12.2 Å². The summed E-state index contributed by atoms with van der Waals surface area (Å²) in [5, 5.41) is 55.2. The maximum Gasteiger partial charge on any atom is 0.333 e. The number of hydrogen-bond donors (Lipinski definition) is 6. The van der Waals surface area contributed by atoms with Gasteiger partial charge in [-0.1, -0.05) is 53.7 Å². The van der Waals surface area contributed by atoms with E-state index in [1.54, 1.807) is 39.8 Å². The Hall–Kier alpha value is -1.50. The maximum absolute atomic E-state index is 13.4. The van der Waals surface area contributed by atoms with E-state index in [2.05, 4.69) is 21.8 Å². The van der Waals surface area contributed by atoms with Gasteiger partial charge in [0.25, 0.3) is 0 Å². The molecule has 0 bridgehead atoms. The highest BCUT2D eigenvalue weighted by Gasteiger charge is 2.74. The van der Waals surface area contributed by atoms with Crippen LogP contribution in [-0.4, -0.2) is 110 Å². The molecule has 0 saturated heterocycles. The molecule has 47 heavy (non-hydrogen) atoms. The SMILES string of the molecule is B[C@]12CC[C@H](O)[C@H](CO)C1CC[C@]1(B)C2CC=C2C3C[C@@H](S)[C@@H](OC(=O)/C(C)=C\C)[C@H](OC(=O)/C(C)=C\C)[C@]3(CO)[C@H](O)[C@H](O)[C@]21B. The van der Waals surface area contributed by atoms with E-state index in [9.17, 15) is 35.1 Å². The van der Waals surface area contributed by atoms with Crippen LogP contribution in [0.1, 0.15) is 66.2 Å². The summed E-state index contributed by atoms with van der Waals surface area (Å²) in [6, 6.07) is 0. The van der Waals surface area contributed by atoms with Crippen molar-refractivity contribution in [2.24, 2.45) is 29.1 Å². The quantitative estimate of drug-likeness (QED) is 0.0769. The minimum absolute atomic E-state index is 0.0684. The van der Waals surface area contributed by atoms with Crippen LogP contribution in [0.15, 0.2) is 34.9 Å². The number of aliphatic hydroxyl groups is 5. The van der Waals surface area contributed by atoms with Crippen molar-refractivity contribution in [2.45, 2.75) is 118 Å². The summed E-state index contributed by atoms with van der Waals surface area (Å²) in [5.74, 6) is -1.79.